The Kier molecular flexibility index (Phi) is 19.4. The Morgan fingerprint density at radius 2 is 0.788 bits per heavy atom. The molecule has 31 heteroatoms. The highest BCUT2D eigenvalue weighted by Crippen LogP contribution is 2.31. The Hall–Kier alpha value is -8.19. The van der Waals surface area contributed by atoms with Gasteiger partial charge in [-0.2, -0.15) is 0 Å². The van der Waals surface area contributed by atoms with Crippen molar-refractivity contribution in [3.8, 4) is 0 Å². The molecule has 0 atom stereocenters. The van der Waals surface area contributed by atoms with Crippen molar-refractivity contribution in [3.63, 3.8) is 0 Å². The second-order valence-corrected chi connectivity index (χ2v) is 18.6. The molecule has 0 aliphatic carbocycles. The fourth-order valence-electron chi connectivity index (χ4n) is 4.75. The summed E-state index contributed by atoms with van der Waals surface area (Å²) in [6.07, 6.45) is 2.63. The first-order chi connectivity index (χ1) is 30.1. The second kappa shape index (κ2) is 22.9. The Morgan fingerprint density at radius 1 is 0.500 bits per heavy atom. The fourth-order valence-corrected chi connectivity index (χ4v) is 6.52. The molecule has 4 aromatic rings. The highest BCUT2D eigenvalue weighted by molar-refractivity contribution is 7.92. The predicted octanol–water partition coefficient (Wildman–Crippen LogP) is 2.55. The molecule has 2 amide bonds. The first kappa shape index (κ1) is 55.8. The van der Waals surface area contributed by atoms with E-state index in [9.17, 15) is 74.8 Å². The lowest BCUT2D eigenvalue weighted by atomic mass is 10.1. The number of rotatable bonds is 13. The fraction of sp³-hybridized carbons (Fsp3) is 0.200. The van der Waals surface area contributed by atoms with E-state index in [0.29, 0.717) is 0 Å². The van der Waals surface area contributed by atoms with Gasteiger partial charge in [0.1, 0.15) is 17.1 Å². The number of aromatic carboxylic acids is 2. The van der Waals surface area contributed by atoms with Crippen molar-refractivity contribution in [2.24, 2.45) is 0 Å². The van der Waals surface area contributed by atoms with Crippen molar-refractivity contribution in [1.82, 2.24) is 9.80 Å². The number of para-hydroxylation sites is 4. The van der Waals surface area contributed by atoms with Crippen molar-refractivity contribution < 1.29 is 69.4 Å². The van der Waals surface area contributed by atoms with E-state index in [4.69, 9.17) is 21.7 Å². The number of carbonyl (C=O) groups excluding carboxylic acids is 2. The van der Waals surface area contributed by atoms with Gasteiger partial charge in [-0.25, -0.2) is 34.8 Å². The number of amides is 2. The van der Waals surface area contributed by atoms with Gasteiger partial charge in [-0.15, -0.1) is 0 Å². The molecule has 66 heavy (non-hydrogen) atoms. The van der Waals surface area contributed by atoms with Crippen LogP contribution in [0, 0.1) is 30.3 Å². The van der Waals surface area contributed by atoms with Crippen LogP contribution in [0.4, 0.5) is 45.5 Å². The molecule has 4 rings (SSSR count). The molecule has 358 valence electrons. The molecule has 0 aliphatic heterocycles. The quantitative estimate of drug-likeness (QED) is 0.0575. The van der Waals surface area contributed by atoms with Crippen LogP contribution in [0.3, 0.4) is 0 Å². The molecule has 9 N–H and O–H groups in total. The summed E-state index contributed by atoms with van der Waals surface area (Å²) in [5, 5.41) is 49.3. The Labute approximate surface area is 375 Å². The van der Waals surface area contributed by atoms with Crippen LogP contribution < -0.4 is 25.6 Å². The number of sulfonamides is 3. The van der Waals surface area contributed by atoms with Gasteiger partial charge in [0.05, 0.1) is 67.2 Å². The molecule has 0 spiro atoms. The van der Waals surface area contributed by atoms with E-state index < -0.39 is 85.3 Å². The maximum Gasteiger partial charge on any atom is 0.338 e. The molecular weight excluding hydrogens is 945 g/mol. The van der Waals surface area contributed by atoms with Crippen molar-refractivity contribution in [3.05, 3.63) is 125 Å². The number of hydrogen-bond donors (Lipinski definition) is 7. The molecule has 4 aromatic carbocycles. The van der Waals surface area contributed by atoms with E-state index in [-0.39, 0.29) is 51.0 Å². The van der Waals surface area contributed by atoms with E-state index in [1.807, 2.05) is 9.44 Å². The van der Waals surface area contributed by atoms with Gasteiger partial charge >= 0.3 is 11.9 Å². The number of carbonyl (C=O) groups is 4. The Bertz CT molecular complexity index is 2830. The number of nitro groups is 3. The lowest BCUT2D eigenvalue weighted by Gasteiger charge is -2.16. The summed E-state index contributed by atoms with van der Waals surface area (Å²) in [6.45, 7) is 0. The highest BCUT2D eigenvalue weighted by Gasteiger charge is 2.26. The minimum absolute atomic E-state index is 0.0791. The standard InChI is InChI=1S/C10H13N3O5S.C10H15N3O3S.C8H8N2O6S.C7H6N2O4/c1-12(2)10(14)7-5-4-6-8(13(15)16)9(7)11-19(3,17)18;1-13(2)10(14)7-5-4-6-8(11)9(7)12-17(3,15)16;1-17(15,16)9-7-5(8(11)12)3-2-4-6(7)10(13)14;8-6-4(7(10)11)2-1-3-5(6)9(12)13/h4-6,11H,1-3H3;4-6,12H,11H2,1-3H3;2-4,9H,1H3,(H,11,12);1-3H,8H2,(H,10,11). The molecule has 0 aliphatic rings. The van der Waals surface area contributed by atoms with Crippen molar-refractivity contribution in [1.29, 1.82) is 0 Å². The maximum atomic E-state index is 11.9. The first-order valence-corrected chi connectivity index (χ1v) is 23.1. The molecular formula is C35H42N10O18S3. The summed E-state index contributed by atoms with van der Waals surface area (Å²) in [5.41, 5.74) is 8.00. The van der Waals surface area contributed by atoms with Crippen LogP contribution in [0.15, 0.2) is 72.8 Å². The summed E-state index contributed by atoms with van der Waals surface area (Å²) in [4.78, 5) is 77.2. The smallest absolute Gasteiger partial charge is 0.338 e. The number of nitrogens with zero attached hydrogens (tertiary/aromatic N) is 5. The average Bonchev–Trinajstić information content (AvgIpc) is 3.17. The number of nitrogen functional groups attached to an aromatic ring is 2. The van der Waals surface area contributed by atoms with Crippen molar-refractivity contribution in [2.45, 2.75) is 0 Å². The van der Waals surface area contributed by atoms with Crippen molar-refractivity contribution in [2.75, 3.05) is 72.6 Å². The Balaban J connectivity index is 0.000000443. The minimum Gasteiger partial charge on any atom is -0.478 e. The van der Waals surface area contributed by atoms with Crippen LogP contribution in [0.2, 0.25) is 0 Å². The zero-order valence-corrected chi connectivity index (χ0v) is 37.9. The molecule has 0 saturated carbocycles. The van der Waals surface area contributed by atoms with Gasteiger partial charge in [0, 0.05) is 46.4 Å². The molecule has 0 unspecified atom stereocenters. The van der Waals surface area contributed by atoms with E-state index in [2.05, 4.69) is 4.72 Å². The van der Waals surface area contributed by atoms with Gasteiger partial charge in [0.25, 0.3) is 28.9 Å². The van der Waals surface area contributed by atoms with E-state index in [1.165, 1.54) is 60.3 Å². The van der Waals surface area contributed by atoms with Crippen LogP contribution in [0.1, 0.15) is 41.4 Å². The lowest BCUT2D eigenvalue weighted by Crippen LogP contribution is -2.24. The zero-order chi connectivity index (χ0) is 51.2. The van der Waals surface area contributed by atoms with Crippen LogP contribution in [-0.4, -0.2) is 131 Å². The SMILES string of the molecule is CN(C)C(=O)c1cccc(N)c1NS(C)(=O)=O.CN(C)C(=O)c1cccc([N+](=O)[O-])c1NS(C)(=O)=O.CS(=O)(=O)Nc1c(C(=O)O)cccc1[N+](=O)[O-].Nc1c(C(=O)O)cccc1[N+](=O)[O-]. The van der Waals surface area contributed by atoms with Gasteiger partial charge < -0.3 is 31.5 Å². The molecule has 0 fully saturated rings. The summed E-state index contributed by atoms with van der Waals surface area (Å²) in [7, 11) is -4.94. The third-order valence-electron chi connectivity index (χ3n) is 7.45. The number of benzene rings is 4. The predicted molar refractivity (Wildman–Crippen MR) is 240 cm³/mol. The van der Waals surface area contributed by atoms with Gasteiger partial charge in [-0.3, -0.25) is 54.1 Å². The summed E-state index contributed by atoms with van der Waals surface area (Å²) < 4.78 is 73.1. The third-order valence-corrected chi connectivity index (χ3v) is 9.18. The highest BCUT2D eigenvalue weighted by atomic mass is 32.2. The Morgan fingerprint density at radius 3 is 1.12 bits per heavy atom. The number of anilines is 5. The summed E-state index contributed by atoms with van der Waals surface area (Å²) in [6, 6.07) is 15.3. The van der Waals surface area contributed by atoms with Crippen molar-refractivity contribution >= 4 is 99.3 Å². The van der Waals surface area contributed by atoms with Gasteiger partial charge in [0.2, 0.25) is 30.1 Å². The van der Waals surface area contributed by atoms with Gasteiger partial charge in [0.15, 0.2) is 0 Å². The monoisotopic (exact) mass is 986 g/mol. The lowest BCUT2D eigenvalue weighted by molar-refractivity contribution is -0.384. The molecule has 28 nitrogen and oxygen atoms in total. The number of nitrogens with one attached hydrogen (secondary N) is 3. The van der Waals surface area contributed by atoms with Gasteiger partial charge in [-0.05, 0) is 30.3 Å². The van der Waals surface area contributed by atoms with Crippen LogP contribution in [0.25, 0.3) is 0 Å². The number of nitrogens with two attached hydrogens (primary N) is 2. The van der Waals surface area contributed by atoms with Gasteiger partial charge in [-0.1, -0.05) is 24.3 Å². The van der Waals surface area contributed by atoms with E-state index in [1.54, 1.807) is 20.2 Å². The van der Waals surface area contributed by atoms with Crippen LogP contribution >= 0.6 is 0 Å². The molecule has 0 heterocycles. The number of hydrogen-bond acceptors (Lipinski definition) is 18. The number of carboxylic acid groups (broad SMARTS) is 2. The first-order valence-electron chi connectivity index (χ1n) is 17.4. The number of nitro benzene ring substituents is 3. The molecule has 0 aromatic heterocycles. The van der Waals surface area contributed by atoms with E-state index in [0.717, 1.165) is 49.1 Å². The topological polar surface area (TPSA) is 435 Å². The van der Waals surface area contributed by atoms with Crippen LogP contribution in [-0.2, 0) is 30.1 Å². The number of carboxylic acids is 2. The minimum atomic E-state index is -3.81. The molecule has 0 bridgehead atoms. The average molecular weight is 987 g/mol. The summed E-state index contributed by atoms with van der Waals surface area (Å²) >= 11 is 0. The molecule has 0 radical (unpaired) electrons. The second-order valence-electron chi connectivity index (χ2n) is 13.3. The maximum absolute atomic E-state index is 11.9. The third kappa shape index (κ3) is 17.2. The largest absolute Gasteiger partial charge is 0.478 e. The molecule has 0 saturated heterocycles. The normalized spacial score (nSPS) is 10.7. The summed E-state index contributed by atoms with van der Waals surface area (Å²) in [5.74, 6) is -3.58. The van der Waals surface area contributed by atoms with Crippen LogP contribution in [0.5, 0.6) is 0 Å². The zero-order valence-electron chi connectivity index (χ0n) is 35.5. The van der Waals surface area contributed by atoms with E-state index >= 15 is 0 Å².